The number of hydrogen-bond acceptors (Lipinski definition) is 9. The Hall–Kier alpha value is -4.05. The Morgan fingerprint density at radius 2 is 1.20 bits per heavy atom. The summed E-state index contributed by atoms with van der Waals surface area (Å²) in [7, 11) is 4.13. The first kappa shape index (κ1) is 47.1. The lowest BCUT2D eigenvalue weighted by Gasteiger charge is -2.39. The SMILES string of the molecule is C=CC(C)CC1NC(=O)C(C(O)C(C)C)N(C)C(=O)C(C)N(C)C(=O)C(C(C)C)NC(=O)C(C(O)C(C)C)NC(=O)C2CCCCN2C(=O)C(C)N(C)C1=O. The van der Waals surface area contributed by atoms with Crippen LogP contribution in [0.1, 0.15) is 88.0 Å². The number of aliphatic hydroxyl groups excluding tert-OH is 2. The second-order valence-corrected chi connectivity index (χ2v) is 16.4. The van der Waals surface area contributed by atoms with Crippen LogP contribution >= 0.6 is 0 Å². The van der Waals surface area contributed by atoms with Crippen molar-refractivity contribution in [3.8, 4) is 0 Å². The van der Waals surface area contributed by atoms with Crippen LogP contribution in [0.15, 0.2) is 12.7 Å². The topological polar surface area (TPSA) is 209 Å². The van der Waals surface area contributed by atoms with E-state index in [1.54, 1.807) is 54.5 Å². The summed E-state index contributed by atoms with van der Waals surface area (Å²) >= 11 is 0. The van der Waals surface area contributed by atoms with Crippen LogP contribution in [0, 0.1) is 23.7 Å². The highest BCUT2D eigenvalue weighted by Gasteiger charge is 2.44. The summed E-state index contributed by atoms with van der Waals surface area (Å²) in [6, 6.07) is -8.71. The molecule has 2 aliphatic rings. The van der Waals surface area contributed by atoms with Crippen molar-refractivity contribution in [2.24, 2.45) is 23.7 Å². The molecule has 10 unspecified atom stereocenters. The van der Waals surface area contributed by atoms with E-state index in [4.69, 9.17) is 0 Å². The molecule has 10 atom stereocenters. The number of fused-ring (bicyclic) bond motifs is 1. The van der Waals surface area contributed by atoms with E-state index in [1.807, 2.05) is 0 Å². The number of hydrogen-bond donors (Lipinski definition) is 5. The summed E-state index contributed by atoms with van der Waals surface area (Å²) in [6.07, 6.45) is 0.393. The van der Waals surface area contributed by atoms with E-state index >= 15 is 0 Å². The molecule has 0 bridgehead atoms. The molecule has 0 spiro atoms. The zero-order valence-electron chi connectivity index (χ0n) is 34.9. The minimum absolute atomic E-state index is 0.0844. The van der Waals surface area contributed by atoms with Crippen LogP contribution in [-0.4, -0.2) is 153 Å². The average Bonchev–Trinajstić information content (AvgIpc) is 3.14. The lowest BCUT2D eigenvalue weighted by molar-refractivity contribution is -0.153. The molecule has 0 saturated carbocycles. The van der Waals surface area contributed by atoms with Crippen LogP contribution in [0.2, 0.25) is 0 Å². The van der Waals surface area contributed by atoms with Gasteiger partial charge in [-0.1, -0.05) is 54.5 Å². The average molecular weight is 778 g/mol. The summed E-state index contributed by atoms with van der Waals surface area (Å²) in [5, 5.41) is 30.7. The van der Waals surface area contributed by atoms with Gasteiger partial charge in [0.05, 0.1) is 12.2 Å². The van der Waals surface area contributed by atoms with Crippen LogP contribution in [0.5, 0.6) is 0 Å². The van der Waals surface area contributed by atoms with Gasteiger partial charge in [0.15, 0.2) is 0 Å². The maximum atomic E-state index is 14.2. The maximum absolute atomic E-state index is 14.2. The molecular weight excluding hydrogens is 710 g/mol. The summed E-state index contributed by atoms with van der Waals surface area (Å²) < 4.78 is 0. The third kappa shape index (κ3) is 11.3. The molecule has 55 heavy (non-hydrogen) atoms. The van der Waals surface area contributed by atoms with Gasteiger partial charge in [0.25, 0.3) is 0 Å². The van der Waals surface area contributed by atoms with Gasteiger partial charge in [0.2, 0.25) is 41.4 Å². The van der Waals surface area contributed by atoms with Crippen molar-refractivity contribution >= 4 is 41.4 Å². The number of aliphatic hydroxyl groups is 2. The molecule has 16 heteroatoms. The normalized spacial score (nSPS) is 29.4. The number of likely N-dealkylation sites (N-methyl/N-ethyl adjacent to an activating group) is 3. The van der Waals surface area contributed by atoms with Gasteiger partial charge < -0.3 is 45.8 Å². The second-order valence-electron chi connectivity index (χ2n) is 16.4. The van der Waals surface area contributed by atoms with Crippen LogP contribution < -0.4 is 16.0 Å². The highest BCUT2D eigenvalue weighted by Crippen LogP contribution is 2.23. The quantitative estimate of drug-likeness (QED) is 0.214. The first-order valence-corrected chi connectivity index (χ1v) is 19.5. The van der Waals surface area contributed by atoms with Gasteiger partial charge >= 0.3 is 0 Å². The Labute approximate surface area is 326 Å². The molecule has 5 N–H and O–H groups in total. The van der Waals surface area contributed by atoms with Crippen molar-refractivity contribution in [3.05, 3.63) is 12.7 Å². The Morgan fingerprint density at radius 3 is 1.73 bits per heavy atom. The Bertz CT molecular complexity index is 1420. The molecule has 0 aromatic rings. The van der Waals surface area contributed by atoms with Gasteiger partial charge in [-0.25, -0.2) is 0 Å². The maximum Gasteiger partial charge on any atom is 0.246 e. The molecule has 2 rings (SSSR count). The number of amides is 7. The van der Waals surface area contributed by atoms with E-state index in [-0.39, 0.29) is 25.3 Å². The molecule has 0 aromatic carbocycles. The third-order valence-electron chi connectivity index (χ3n) is 11.2. The van der Waals surface area contributed by atoms with E-state index in [9.17, 15) is 43.8 Å². The summed E-state index contributed by atoms with van der Waals surface area (Å²) in [5.74, 6) is -6.62. The first-order chi connectivity index (χ1) is 25.5. The first-order valence-electron chi connectivity index (χ1n) is 19.5. The number of rotatable bonds is 8. The Morgan fingerprint density at radius 1 is 0.673 bits per heavy atom. The standard InChI is InChI=1S/C39H67N7O9/c1-14-23(8)19-26-38(54)43(11)25(10)37(53)46-18-16-15-17-27(46)33(49)42-29(31(47)21(4)5)34(50)41-28(20(2)3)39(55)44(12)24(9)36(52)45(13)30(35(51)40-26)32(48)22(6)7/h14,20-32,47-48H,1,15-19H2,2-13H3,(H,40,51)(H,41,50)(H,42,49). The summed E-state index contributed by atoms with van der Waals surface area (Å²) in [6.45, 7) is 18.8. The molecule has 2 fully saturated rings. The van der Waals surface area contributed by atoms with Crippen molar-refractivity contribution in [3.63, 3.8) is 0 Å². The molecule has 0 aliphatic carbocycles. The lowest BCUT2D eigenvalue weighted by atomic mass is 9.95. The van der Waals surface area contributed by atoms with Crippen molar-refractivity contribution < 1.29 is 43.8 Å². The van der Waals surface area contributed by atoms with E-state index in [1.165, 1.54) is 44.8 Å². The van der Waals surface area contributed by atoms with Gasteiger partial charge in [0, 0.05) is 27.7 Å². The molecule has 0 radical (unpaired) electrons. The van der Waals surface area contributed by atoms with Crippen molar-refractivity contribution in [1.29, 1.82) is 0 Å². The predicted octanol–water partition coefficient (Wildman–Crippen LogP) is 0.258. The Kier molecular flexibility index (Phi) is 17.3. The zero-order chi connectivity index (χ0) is 42.2. The summed E-state index contributed by atoms with van der Waals surface area (Å²) in [5.41, 5.74) is 0. The molecule has 7 amide bonds. The van der Waals surface area contributed by atoms with Gasteiger partial charge in [-0.2, -0.15) is 0 Å². The number of nitrogens with zero attached hydrogens (tertiary/aromatic N) is 4. The number of carbonyl (C=O) groups is 7. The molecule has 2 saturated heterocycles. The monoisotopic (exact) mass is 778 g/mol. The fraction of sp³-hybridized carbons (Fsp3) is 0.769. The van der Waals surface area contributed by atoms with Crippen LogP contribution in [0.3, 0.4) is 0 Å². The van der Waals surface area contributed by atoms with Gasteiger partial charge in [0.1, 0.15) is 42.3 Å². The summed E-state index contributed by atoms with van der Waals surface area (Å²) in [4.78, 5) is 103. The molecule has 16 nitrogen and oxygen atoms in total. The lowest BCUT2D eigenvalue weighted by Crippen LogP contribution is -2.63. The number of piperidine rings is 1. The fourth-order valence-electron chi connectivity index (χ4n) is 6.89. The van der Waals surface area contributed by atoms with Crippen molar-refractivity contribution in [1.82, 2.24) is 35.6 Å². The van der Waals surface area contributed by atoms with Crippen LogP contribution in [0.4, 0.5) is 0 Å². The molecule has 2 heterocycles. The van der Waals surface area contributed by atoms with E-state index < -0.39 is 114 Å². The largest absolute Gasteiger partial charge is 0.390 e. The van der Waals surface area contributed by atoms with E-state index in [0.717, 1.165) is 9.80 Å². The van der Waals surface area contributed by atoms with Gasteiger partial charge in [-0.05, 0) is 63.2 Å². The highest BCUT2D eigenvalue weighted by atomic mass is 16.3. The van der Waals surface area contributed by atoms with Crippen LogP contribution in [-0.2, 0) is 33.6 Å². The van der Waals surface area contributed by atoms with Gasteiger partial charge in [-0.15, -0.1) is 6.58 Å². The van der Waals surface area contributed by atoms with Gasteiger partial charge in [-0.3, -0.25) is 33.6 Å². The van der Waals surface area contributed by atoms with Crippen molar-refractivity contribution in [2.45, 2.75) is 142 Å². The second kappa shape index (κ2) is 20.2. The molecular formula is C39H67N7O9. The zero-order valence-corrected chi connectivity index (χ0v) is 34.9. The molecule has 2 aliphatic heterocycles. The number of nitrogens with one attached hydrogen (secondary N) is 3. The smallest absolute Gasteiger partial charge is 0.246 e. The predicted molar refractivity (Wildman–Crippen MR) is 207 cm³/mol. The minimum Gasteiger partial charge on any atom is -0.390 e. The molecule has 0 aromatic heterocycles. The number of carbonyl (C=O) groups excluding carboxylic acids is 7. The van der Waals surface area contributed by atoms with Crippen molar-refractivity contribution in [2.75, 3.05) is 27.7 Å². The number of allylic oxidation sites excluding steroid dienone is 1. The van der Waals surface area contributed by atoms with Crippen LogP contribution in [0.25, 0.3) is 0 Å². The van der Waals surface area contributed by atoms with E-state index in [0.29, 0.717) is 12.8 Å². The highest BCUT2D eigenvalue weighted by molar-refractivity contribution is 5.98. The van der Waals surface area contributed by atoms with E-state index in [2.05, 4.69) is 22.5 Å². The molecule has 312 valence electrons. The Balaban J connectivity index is 2.81. The third-order valence-corrected chi connectivity index (χ3v) is 11.2. The fourth-order valence-corrected chi connectivity index (χ4v) is 6.89. The minimum atomic E-state index is -1.50.